The summed E-state index contributed by atoms with van der Waals surface area (Å²) >= 11 is 19.2. The van der Waals surface area contributed by atoms with Gasteiger partial charge in [-0.15, -0.1) is 10.2 Å². The van der Waals surface area contributed by atoms with Crippen LogP contribution >= 0.6 is 46.6 Å². The van der Waals surface area contributed by atoms with Crippen molar-refractivity contribution in [2.24, 2.45) is 0 Å². The van der Waals surface area contributed by atoms with E-state index >= 15 is 0 Å². The quantitative estimate of drug-likeness (QED) is 0.445. The molecule has 2 aromatic carbocycles. The molecule has 26 heavy (non-hydrogen) atoms. The predicted molar refractivity (Wildman–Crippen MR) is 107 cm³/mol. The number of halogens is 3. The number of thioether (sulfide) groups is 1. The summed E-state index contributed by atoms with van der Waals surface area (Å²) in [7, 11) is 0. The maximum Gasteiger partial charge on any atom is 0.234 e. The van der Waals surface area contributed by atoms with E-state index in [0.717, 1.165) is 11.3 Å². The molecule has 0 bridgehead atoms. The van der Waals surface area contributed by atoms with Gasteiger partial charge >= 0.3 is 0 Å². The van der Waals surface area contributed by atoms with Crippen LogP contribution in [0.1, 0.15) is 5.56 Å². The molecule has 0 aliphatic rings. The molecule has 0 saturated heterocycles. The average molecular weight is 428 g/mol. The second-order valence-corrected chi connectivity index (χ2v) is 7.57. The molecule has 0 atom stereocenters. The van der Waals surface area contributed by atoms with Gasteiger partial charge in [0.1, 0.15) is 6.33 Å². The first-order valence-corrected chi connectivity index (χ1v) is 9.60. The van der Waals surface area contributed by atoms with Crippen LogP contribution in [0.4, 0.5) is 5.69 Å². The minimum absolute atomic E-state index is 0.140. The van der Waals surface area contributed by atoms with Crippen molar-refractivity contribution in [3.63, 3.8) is 0 Å². The van der Waals surface area contributed by atoms with E-state index in [2.05, 4.69) is 15.5 Å². The highest BCUT2D eigenvalue weighted by atomic mass is 35.5. The third-order valence-corrected chi connectivity index (χ3v) is 5.42. The van der Waals surface area contributed by atoms with Crippen LogP contribution in [0.15, 0.2) is 47.9 Å². The Morgan fingerprint density at radius 3 is 2.54 bits per heavy atom. The molecule has 5 nitrogen and oxygen atoms in total. The van der Waals surface area contributed by atoms with Crippen LogP contribution in [-0.4, -0.2) is 26.4 Å². The van der Waals surface area contributed by atoms with Crippen molar-refractivity contribution < 1.29 is 4.79 Å². The second kappa shape index (κ2) is 8.31. The Hall–Kier alpha value is -1.73. The van der Waals surface area contributed by atoms with Gasteiger partial charge in [-0.25, -0.2) is 0 Å². The molecular formula is C17H13Cl3N4OS. The lowest BCUT2D eigenvalue weighted by molar-refractivity contribution is -0.113. The Morgan fingerprint density at radius 1 is 1.12 bits per heavy atom. The van der Waals surface area contributed by atoms with E-state index in [4.69, 9.17) is 34.8 Å². The molecule has 0 aliphatic heterocycles. The smallest absolute Gasteiger partial charge is 0.234 e. The van der Waals surface area contributed by atoms with E-state index in [1.807, 2.05) is 35.8 Å². The maximum absolute atomic E-state index is 12.2. The maximum atomic E-state index is 12.2. The number of anilines is 1. The summed E-state index contributed by atoms with van der Waals surface area (Å²) in [5, 5.41) is 12.3. The van der Waals surface area contributed by atoms with Crippen LogP contribution < -0.4 is 5.32 Å². The summed E-state index contributed by atoms with van der Waals surface area (Å²) in [6.45, 7) is 2.02. The topological polar surface area (TPSA) is 59.8 Å². The standard InChI is InChI=1S/C17H13Cl3N4OS/c1-10-2-4-11(5-3-10)24-9-21-23-17(24)26-8-16(25)22-15-7-13(19)12(18)6-14(15)20/h2-7,9H,8H2,1H3,(H,22,25). The van der Waals surface area contributed by atoms with Crippen molar-refractivity contribution in [2.75, 3.05) is 11.1 Å². The molecular weight excluding hydrogens is 415 g/mol. The number of rotatable bonds is 5. The van der Waals surface area contributed by atoms with Gasteiger partial charge in [-0.2, -0.15) is 0 Å². The molecule has 1 amide bonds. The average Bonchev–Trinajstić information content (AvgIpc) is 3.07. The van der Waals surface area contributed by atoms with Crippen molar-refractivity contribution in [3.05, 3.63) is 63.4 Å². The molecule has 1 aromatic heterocycles. The van der Waals surface area contributed by atoms with Crippen LogP contribution in [0.25, 0.3) is 5.69 Å². The lowest BCUT2D eigenvalue weighted by Crippen LogP contribution is -2.15. The van der Waals surface area contributed by atoms with Gasteiger partial charge in [-0.3, -0.25) is 9.36 Å². The Balaban J connectivity index is 1.67. The van der Waals surface area contributed by atoms with Gasteiger partial charge in [0.05, 0.1) is 26.5 Å². The third-order valence-electron chi connectivity index (χ3n) is 3.45. The molecule has 1 heterocycles. The minimum Gasteiger partial charge on any atom is -0.324 e. The van der Waals surface area contributed by atoms with Gasteiger partial charge in [0, 0.05) is 5.69 Å². The zero-order valence-electron chi connectivity index (χ0n) is 13.5. The Kier molecular flexibility index (Phi) is 6.09. The number of hydrogen-bond acceptors (Lipinski definition) is 4. The van der Waals surface area contributed by atoms with Gasteiger partial charge < -0.3 is 5.32 Å². The monoisotopic (exact) mass is 426 g/mol. The van der Waals surface area contributed by atoms with E-state index in [1.165, 1.54) is 23.9 Å². The molecule has 1 N–H and O–H groups in total. The first kappa shape index (κ1) is 19.0. The van der Waals surface area contributed by atoms with Gasteiger partial charge in [0.2, 0.25) is 5.91 Å². The van der Waals surface area contributed by atoms with E-state index < -0.39 is 0 Å². The van der Waals surface area contributed by atoms with Crippen molar-refractivity contribution >= 4 is 58.2 Å². The summed E-state index contributed by atoms with van der Waals surface area (Å²) in [4.78, 5) is 12.2. The van der Waals surface area contributed by atoms with Crippen LogP contribution in [0.3, 0.4) is 0 Å². The number of carbonyl (C=O) groups is 1. The van der Waals surface area contributed by atoms with Crippen molar-refractivity contribution in [1.82, 2.24) is 14.8 Å². The predicted octanol–water partition coefficient (Wildman–Crippen LogP) is 5.27. The second-order valence-electron chi connectivity index (χ2n) is 5.40. The molecule has 134 valence electrons. The van der Waals surface area contributed by atoms with Gasteiger partial charge in [-0.1, -0.05) is 64.3 Å². The van der Waals surface area contributed by atoms with Crippen LogP contribution in [0.5, 0.6) is 0 Å². The summed E-state index contributed by atoms with van der Waals surface area (Å²) in [5.74, 6) is -0.102. The molecule has 0 saturated carbocycles. The number of carbonyl (C=O) groups excluding carboxylic acids is 1. The zero-order valence-corrected chi connectivity index (χ0v) is 16.6. The Bertz CT molecular complexity index is 944. The van der Waals surface area contributed by atoms with Gasteiger partial charge in [0.25, 0.3) is 0 Å². The molecule has 0 radical (unpaired) electrons. The van der Waals surface area contributed by atoms with E-state index in [9.17, 15) is 4.79 Å². The Morgan fingerprint density at radius 2 is 1.81 bits per heavy atom. The molecule has 3 rings (SSSR count). The number of nitrogens with zero attached hydrogens (tertiary/aromatic N) is 3. The van der Waals surface area contributed by atoms with E-state index in [-0.39, 0.29) is 11.7 Å². The summed E-state index contributed by atoms with van der Waals surface area (Å²) < 4.78 is 1.82. The lowest BCUT2D eigenvalue weighted by Gasteiger charge is -2.09. The van der Waals surface area contributed by atoms with E-state index in [0.29, 0.717) is 25.9 Å². The summed E-state index contributed by atoms with van der Waals surface area (Å²) in [6, 6.07) is 11.0. The lowest BCUT2D eigenvalue weighted by atomic mass is 10.2. The van der Waals surface area contributed by atoms with Gasteiger partial charge in [0.15, 0.2) is 5.16 Å². The summed E-state index contributed by atoms with van der Waals surface area (Å²) in [6.07, 6.45) is 1.61. The SMILES string of the molecule is Cc1ccc(-n2cnnc2SCC(=O)Nc2cc(Cl)c(Cl)cc2Cl)cc1. The fourth-order valence-electron chi connectivity index (χ4n) is 2.14. The molecule has 0 unspecified atom stereocenters. The normalized spacial score (nSPS) is 10.8. The number of nitrogens with one attached hydrogen (secondary N) is 1. The van der Waals surface area contributed by atoms with Crippen LogP contribution in [0.2, 0.25) is 15.1 Å². The minimum atomic E-state index is -0.242. The number of aryl methyl sites for hydroxylation is 1. The first-order valence-electron chi connectivity index (χ1n) is 7.48. The largest absolute Gasteiger partial charge is 0.324 e. The molecule has 0 aliphatic carbocycles. The highest BCUT2D eigenvalue weighted by molar-refractivity contribution is 7.99. The third kappa shape index (κ3) is 4.51. The summed E-state index contributed by atoms with van der Waals surface area (Å²) in [5.41, 5.74) is 2.50. The van der Waals surface area contributed by atoms with Crippen molar-refractivity contribution in [3.8, 4) is 5.69 Å². The highest BCUT2D eigenvalue weighted by Gasteiger charge is 2.13. The number of benzene rings is 2. The van der Waals surface area contributed by atoms with Crippen LogP contribution in [-0.2, 0) is 4.79 Å². The highest BCUT2D eigenvalue weighted by Crippen LogP contribution is 2.32. The molecule has 0 fully saturated rings. The van der Waals surface area contributed by atoms with Crippen molar-refractivity contribution in [2.45, 2.75) is 12.1 Å². The molecule has 3 aromatic rings. The number of aromatic nitrogens is 3. The number of hydrogen-bond donors (Lipinski definition) is 1. The van der Waals surface area contributed by atoms with Crippen LogP contribution in [0, 0.1) is 6.92 Å². The Labute approximate surface area is 169 Å². The molecule has 9 heteroatoms. The molecule has 0 spiro atoms. The van der Waals surface area contributed by atoms with E-state index in [1.54, 1.807) is 6.33 Å². The zero-order chi connectivity index (χ0) is 18.7. The first-order chi connectivity index (χ1) is 12.4. The fraction of sp³-hybridized carbons (Fsp3) is 0.118. The fourth-order valence-corrected chi connectivity index (χ4v) is 3.46. The van der Waals surface area contributed by atoms with Crippen molar-refractivity contribution in [1.29, 1.82) is 0 Å². The van der Waals surface area contributed by atoms with Gasteiger partial charge in [-0.05, 0) is 31.2 Å². The number of amides is 1.